The topological polar surface area (TPSA) is 60.3 Å². The van der Waals surface area contributed by atoms with Crippen LogP contribution in [0.2, 0.25) is 0 Å². The van der Waals surface area contributed by atoms with Crippen LogP contribution in [0.1, 0.15) is 28.9 Å². The quantitative estimate of drug-likeness (QED) is 0.647. The van der Waals surface area contributed by atoms with Gasteiger partial charge in [-0.25, -0.2) is 0 Å². The third-order valence-electron chi connectivity index (χ3n) is 4.84. The maximum absolute atomic E-state index is 13.1. The Balaban J connectivity index is 1.79. The van der Waals surface area contributed by atoms with Gasteiger partial charge in [-0.3, -0.25) is 9.59 Å². The van der Waals surface area contributed by atoms with E-state index in [0.717, 1.165) is 11.1 Å². The van der Waals surface area contributed by atoms with E-state index in [2.05, 4.69) is 21.2 Å². The summed E-state index contributed by atoms with van der Waals surface area (Å²) in [6, 6.07) is 16.8. The van der Waals surface area contributed by atoms with Gasteiger partial charge < -0.3 is 14.6 Å². The summed E-state index contributed by atoms with van der Waals surface area (Å²) in [5.41, 5.74) is 1.53. The van der Waals surface area contributed by atoms with Crippen molar-refractivity contribution >= 4 is 32.7 Å². The minimum atomic E-state index is -0.416. The fourth-order valence-electron chi connectivity index (χ4n) is 3.45. The first-order valence-corrected chi connectivity index (χ1v) is 9.96. The number of amides is 1. The van der Waals surface area contributed by atoms with Crippen molar-refractivity contribution in [3.05, 3.63) is 75.9 Å². The van der Waals surface area contributed by atoms with E-state index in [4.69, 9.17) is 4.74 Å². The Labute approximate surface area is 165 Å². The van der Waals surface area contributed by atoms with Crippen molar-refractivity contribution in [2.45, 2.75) is 25.6 Å². The van der Waals surface area contributed by atoms with Crippen LogP contribution in [0.5, 0.6) is 5.88 Å². The molecule has 0 saturated heterocycles. The Morgan fingerprint density at radius 1 is 1.22 bits per heavy atom. The second kappa shape index (κ2) is 7.19. The number of rotatable bonds is 4. The normalized spacial score (nSPS) is 16.6. The van der Waals surface area contributed by atoms with E-state index < -0.39 is 5.91 Å². The lowest BCUT2D eigenvalue weighted by Crippen LogP contribution is -2.32. The van der Waals surface area contributed by atoms with Crippen LogP contribution in [-0.4, -0.2) is 21.9 Å². The highest BCUT2D eigenvalue weighted by Gasteiger charge is 2.31. The standard InChI is InChI=1S/C21H19BrN2O3/c1-13(14-7-3-2-4-8-14)23-20(26)18-19(25)16-9-5-6-10-17(16)24-12-15(11-22)27-21(18)24/h2-10,13,15H,11-12H2,1H3,(H,23,26)/t13-,15+/m1/s1. The van der Waals surface area contributed by atoms with Gasteiger partial charge in [0.2, 0.25) is 11.3 Å². The third kappa shape index (κ3) is 3.14. The Morgan fingerprint density at radius 2 is 1.93 bits per heavy atom. The average molecular weight is 427 g/mol. The number of alkyl halides is 1. The number of carbonyl (C=O) groups is 1. The van der Waals surface area contributed by atoms with Crippen LogP contribution in [0, 0.1) is 0 Å². The van der Waals surface area contributed by atoms with Crippen LogP contribution < -0.4 is 15.5 Å². The summed E-state index contributed by atoms with van der Waals surface area (Å²) < 4.78 is 7.86. The van der Waals surface area contributed by atoms with Gasteiger partial charge in [-0.05, 0) is 24.6 Å². The zero-order chi connectivity index (χ0) is 19.0. The maximum atomic E-state index is 13.1. The molecule has 27 heavy (non-hydrogen) atoms. The molecule has 4 rings (SSSR count). The summed E-state index contributed by atoms with van der Waals surface area (Å²) in [6.45, 7) is 2.49. The van der Waals surface area contributed by atoms with Gasteiger partial charge in [0.1, 0.15) is 11.7 Å². The highest BCUT2D eigenvalue weighted by atomic mass is 79.9. The molecule has 2 heterocycles. The second-order valence-electron chi connectivity index (χ2n) is 6.64. The molecule has 5 nitrogen and oxygen atoms in total. The van der Waals surface area contributed by atoms with E-state index in [1.54, 1.807) is 6.07 Å². The first-order chi connectivity index (χ1) is 13.1. The van der Waals surface area contributed by atoms with Crippen molar-refractivity contribution < 1.29 is 9.53 Å². The Bertz CT molecular complexity index is 1060. The van der Waals surface area contributed by atoms with Crippen LogP contribution >= 0.6 is 15.9 Å². The highest BCUT2D eigenvalue weighted by molar-refractivity contribution is 9.09. The summed E-state index contributed by atoms with van der Waals surface area (Å²) >= 11 is 3.43. The Kier molecular flexibility index (Phi) is 4.74. The fourth-order valence-corrected chi connectivity index (χ4v) is 3.79. The smallest absolute Gasteiger partial charge is 0.261 e. The lowest BCUT2D eigenvalue weighted by Gasteiger charge is -2.16. The molecule has 1 N–H and O–H groups in total. The summed E-state index contributed by atoms with van der Waals surface area (Å²) in [5, 5.41) is 4.09. The highest BCUT2D eigenvalue weighted by Crippen LogP contribution is 2.30. The van der Waals surface area contributed by atoms with Gasteiger partial charge in [0, 0.05) is 10.7 Å². The SMILES string of the molecule is C[C@@H](NC(=O)c1c2n(c3ccccc3c1=O)C[C@H](CBr)O2)c1ccccc1. The molecule has 0 unspecified atom stereocenters. The molecule has 1 amide bonds. The van der Waals surface area contributed by atoms with E-state index in [9.17, 15) is 9.59 Å². The first kappa shape index (κ1) is 17.8. The number of nitrogens with zero attached hydrogens (tertiary/aromatic N) is 1. The molecule has 0 aliphatic carbocycles. The number of aromatic nitrogens is 1. The minimum Gasteiger partial charge on any atom is -0.472 e. The van der Waals surface area contributed by atoms with Gasteiger partial charge in [-0.15, -0.1) is 0 Å². The summed E-state index contributed by atoms with van der Waals surface area (Å²) in [7, 11) is 0. The molecule has 2 atom stereocenters. The molecule has 138 valence electrons. The molecular formula is C21H19BrN2O3. The largest absolute Gasteiger partial charge is 0.472 e. The monoisotopic (exact) mass is 426 g/mol. The number of ether oxygens (including phenoxy) is 1. The van der Waals surface area contributed by atoms with Crippen LogP contribution in [0.3, 0.4) is 0 Å². The summed E-state index contributed by atoms with van der Waals surface area (Å²) in [5.74, 6) is -0.0676. The number of halogens is 1. The van der Waals surface area contributed by atoms with E-state index in [0.29, 0.717) is 23.1 Å². The number of pyridine rings is 1. The molecule has 0 fully saturated rings. The van der Waals surface area contributed by atoms with Crippen LogP contribution in [-0.2, 0) is 6.54 Å². The van der Waals surface area contributed by atoms with Crippen LogP contribution in [0.15, 0.2) is 59.4 Å². The summed E-state index contributed by atoms with van der Waals surface area (Å²) in [4.78, 5) is 26.1. The van der Waals surface area contributed by atoms with Crippen molar-refractivity contribution in [2.24, 2.45) is 0 Å². The first-order valence-electron chi connectivity index (χ1n) is 8.84. The zero-order valence-corrected chi connectivity index (χ0v) is 16.4. The molecule has 3 aromatic rings. The van der Waals surface area contributed by atoms with Gasteiger partial charge in [0.15, 0.2) is 0 Å². The molecule has 0 bridgehead atoms. The molecule has 1 aliphatic heterocycles. The van der Waals surface area contributed by atoms with Gasteiger partial charge >= 0.3 is 0 Å². The van der Waals surface area contributed by atoms with Crippen molar-refractivity contribution in [1.29, 1.82) is 0 Å². The van der Waals surface area contributed by atoms with Gasteiger partial charge in [0.25, 0.3) is 5.91 Å². The predicted molar refractivity (Wildman–Crippen MR) is 109 cm³/mol. The number of nitrogens with one attached hydrogen (secondary N) is 1. The van der Waals surface area contributed by atoms with E-state index >= 15 is 0 Å². The van der Waals surface area contributed by atoms with Crippen molar-refractivity contribution in [2.75, 3.05) is 5.33 Å². The predicted octanol–water partition coefficient (Wildman–Crippen LogP) is 3.65. The number of fused-ring (bicyclic) bond motifs is 3. The van der Waals surface area contributed by atoms with E-state index in [1.165, 1.54) is 0 Å². The fraction of sp³-hybridized carbons (Fsp3) is 0.238. The lowest BCUT2D eigenvalue weighted by molar-refractivity contribution is 0.0934. The molecular weight excluding hydrogens is 408 g/mol. The van der Waals surface area contributed by atoms with Crippen LogP contribution in [0.25, 0.3) is 10.9 Å². The van der Waals surface area contributed by atoms with Gasteiger partial charge in [-0.2, -0.15) is 0 Å². The summed E-state index contributed by atoms with van der Waals surface area (Å²) in [6.07, 6.45) is -0.117. The Hall–Kier alpha value is -2.60. The molecule has 1 aromatic heterocycles. The van der Waals surface area contributed by atoms with E-state index in [-0.39, 0.29) is 23.1 Å². The maximum Gasteiger partial charge on any atom is 0.261 e. The number of para-hydroxylation sites is 1. The zero-order valence-electron chi connectivity index (χ0n) is 14.8. The molecule has 6 heteroatoms. The van der Waals surface area contributed by atoms with Crippen LogP contribution in [0.4, 0.5) is 0 Å². The molecule has 1 aliphatic rings. The van der Waals surface area contributed by atoms with Crippen molar-refractivity contribution in [3.8, 4) is 5.88 Å². The number of hydrogen-bond donors (Lipinski definition) is 1. The molecule has 0 saturated carbocycles. The average Bonchev–Trinajstić information content (AvgIpc) is 3.13. The molecule has 2 aromatic carbocycles. The number of benzene rings is 2. The molecule has 0 spiro atoms. The van der Waals surface area contributed by atoms with Gasteiger partial charge in [0.05, 0.1) is 18.1 Å². The molecule has 0 radical (unpaired) electrons. The second-order valence-corrected chi connectivity index (χ2v) is 7.28. The van der Waals surface area contributed by atoms with Crippen molar-refractivity contribution in [1.82, 2.24) is 9.88 Å². The van der Waals surface area contributed by atoms with Crippen molar-refractivity contribution in [3.63, 3.8) is 0 Å². The minimum absolute atomic E-state index is 0.0694. The number of hydrogen-bond acceptors (Lipinski definition) is 3. The Morgan fingerprint density at radius 3 is 2.67 bits per heavy atom. The van der Waals surface area contributed by atoms with E-state index in [1.807, 2.05) is 60.0 Å². The number of carbonyl (C=O) groups excluding carboxylic acids is 1. The lowest BCUT2D eigenvalue weighted by atomic mass is 10.1. The van der Waals surface area contributed by atoms with Gasteiger partial charge in [-0.1, -0.05) is 58.4 Å². The third-order valence-corrected chi connectivity index (χ3v) is 5.56.